The Morgan fingerprint density at radius 3 is 2.31 bits per heavy atom. The predicted octanol–water partition coefficient (Wildman–Crippen LogP) is 0.0693. The molecular weight excluding hydrogens is 170 g/mol. The van der Waals surface area contributed by atoms with Crippen LogP contribution in [0.4, 0.5) is 0 Å². The summed E-state index contributed by atoms with van der Waals surface area (Å²) in [5.41, 5.74) is 10.1. The van der Waals surface area contributed by atoms with Crippen LogP contribution in [0.25, 0.3) is 0 Å². The molecular formula is C8H15N3O2. The van der Waals surface area contributed by atoms with E-state index in [-0.39, 0.29) is 5.70 Å². The van der Waals surface area contributed by atoms with E-state index in [4.69, 9.17) is 16.6 Å². The third-order valence-corrected chi connectivity index (χ3v) is 1.57. The van der Waals surface area contributed by atoms with Gasteiger partial charge in [-0.3, -0.25) is 4.99 Å². The minimum absolute atomic E-state index is 0.286. The van der Waals surface area contributed by atoms with Crippen molar-refractivity contribution in [3.63, 3.8) is 0 Å². The normalized spacial score (nSPS) is 14.4. The van der Waals surface area contributed by atoms with Crippen LogP contribution in [0.15, 0.2) is 16.9 Å². The number of aliphatic imine (C=N–C) groups is 1. The number of hydrogen-bond acceptors (Lipinski definition) is 4. The molecule has 0 fully saturated rings. The highest BCUT2D eigenvalue weighted by molar-refractivity contribution is 5.99. The molecule has 13 heavy (non-hydrogen) atoms. The molecule has 0 unspecified atom stereocenters. The molecule has 0 bridgehead atoms. The fourth-order valence-electron chi connectivity index (χ4n) is 0.652. The Kier molecular flexibility index (Phi) is 3.47. The van der Waals surface area contributed by atoms with Gasteiger partial charge < -0.3 is 16.6 Å². The quantitative estimate of drug-likeness (QED) is 0.541. The summed E-state index contributed by atoms with van der Waals surface area (Å²) in [5.74, 6) is -1.00. The summed E-state index contributed by atoms with van der Waals surface area (Å²) in [5, 5.41) is 8.75. The lowest BCUT2D eigenvalue weighted by Gasteiger charge is -2.14. The van der Waals surface area contributed by atoms with Gasteiger partial charge in [-0.2, -0.15) is 0 Å². The van der Waals surface area contributed by atoms with Crippen molar-refractivity contribution >= 4 is 11.7 Å². The second kappa shape index (κ2) is 3.93. The Bertz CT molecular complexity index is 267. The number of carboxylic acid groups (broad SMARTS) is 1. The van der Waals surface area contributed by atoms with Crippen molar-refractivity contribution in [2.24, 2.45) is 16.5 Å². The summed E-state index contributed by atoms with van der Waals surface area (Å²) >= 11 is 0. The van der Waals surface area contributed by atoms with E-state index in [1.807, 2.05) is 0 Å². The van der Waals surface area contributed by atoms with E-state index in [0.717, 1.165) is 0 Å². The van der Waals surface area contributed by atoms with E-state index in [1.165, 1.54) is 20.0 Å². The van der Waals surface area contributed by atoms with E-state index < -0.39 is 11.5 Å². The third kappa shape index (κ3) is 3.14. The second-order valence-corrected chi connectivity index (χ2v) is 3.18. The lowest BCUT2D eigenvalue weighted by Crippen LogP contribution is -2.31. The summed E-state index contributed by atoms with van der Waals surface area (Å²) in [6.45, 7) is 4.59. The maximum absolute atomic E-state index is 10.7. The fourth-order valence-corrected chi connectivity index (χ4v) is 0.652. The van der Waals surface area contributed by atoms with Gasteiger partial charge >= 0.3 is 5.97 Å². The van der Waals surface area contributed by atoms with E-state index in [9.17, 15) is 4.79 Å². The molecule has 74 valence electrons. The van der Waals surface area contributed by atoms with Crippen LogP contribution in [0.3, 0.4) is 0 Å². The maximum atomic E-state index is 10.7. The summed E-state index contributed by atoms with van der Waals surface area (Å²) in [4.78, 5) is 14.6. The zero-order valence-corrected chi connectivity index (χ0v) is 8.03. The Morgan fingerprint density at radius 2 is 2.00 bits per heavy atom. The van der Waals surface area contributed by atoms with Crippen LogP contribution in [0.2, 0.25) is 0 Å². The van der Waals surface area contributed by atoms with Crippen LogP contribution in [0.1, 0.15) is 20.8 Å². The summed E-state index contributed by atoms with van der Waals surface area (Å²) < 4.78 is 0. The molecule has 0 aromatic carbocycles. The first-order valence-electron chi connectivity index (χ1n) is 3.79. The highest BCUT2D eigenvalue weighted by Crippen LogP contribution is 2.10. The summed E-state index contributed by atoms with van der Waals surface area (Å²) in [7, 11) is 0. The van der Waals surface area contributed by atoms with Crippen molar-refractivity contribution in [3.8, 4) is 0 Å². The highest BCUT2D eigenvalue weighted by Gasteiger charge is 2.26. The molecule has 0 aliphatic rings. The van der Waals surface area contributed by atoms with Gasteiger partial charge in [0.15, 0.2) is 5.54 Å². The molecule has 0 aromatic rings. The smallest absolute Gasteiger partial charge is 0.330 e. The van der Waals surface area contributed by atoms with Crippen LogP contribution in [0.5, 0.6) is 0 Å². The lowest BCUT2D eigenvalue weighted by atomic mass is 10.1. The Labute approximate surface area is 77.1 Å². The van der Waals surface area contributed by atoms with Crippen LogP contribution in [-0.4, -0.2) is 22.3 Å². The average molecular weight is 185 g/mol. The highest BCUT2D eigenvalue weighted by atomic mass is 16.4. The molecule has 0 saturated carbocycles. The molecule has 5 nitrogen and oxygen atoms in total. The molecule has 5 N–H and O–H groups in total. The maximum Gasteiger partial charge on any atom is 0.330 e. The van der Waals surface area contributed by atoms with Gasteiger partial charge in [0.2, 0.25) is 0 Å². The minimum atomic E-state index is -1.17. The van der Waals surface area contributed by atoms with Gasteiger partial charge in [0.1, 0.15) is 0 Å². The largest absolute Gasteiger partial charge is 0.479 e. The van der Waals surface area contributed by atoms with Crippen LogP contribution in [0, 0.1) is 0 Å². The van der Waals surface area contributed by atoms with E-state index >= 15 is 0 Å². The van der Waals surface area contributed by atoms with Gasteiger partial charge in [0.05, 0.1) is 11.4 Å². The van der Waals surface area contributed by atoms with Crippen LogP contribution < -0.4 is 11.5 Å². The zero-order chi connectivity index (χ0) is 10.6. The topological polar surface area (TPSA) is 102 Å². The summed E-state index contributed by atoms with van der Waals surface area (Å²) in [6, 6.07) is 0. The standard InChI is InChI=1S/C8H15N3O2/c1-5(6(10)4-9)11-8(2,3)7(12)13/h4H,9-10H2,1-3H3,(H,12,13). The number of nitrogens with two attached hydrogens (primary N) is 2. The van der Waals surface area contributed by atoms with Gasteiger partial charge in [0, 0.05) is 6.20 Å². The minimum Gasteiger partial charge on any atom is -0.479 e. The van der Waals surface area contributed by atoms with Crippen LogP contribution >= 0.6 is 0 Å². The van der Waals surface area contributed by atoms with E-state index in [0.29, 0.717) is 5.71 Å². The Morgan fingerprint density at radius 1 is 1.54 bits per heavy atom. The molecule has 5 heteroatoms. The Balaban J connectivity index is 4.85. The molecule has 0 aliphatic carbocycles. The number of carbonyl (C=O) groups is 1. The molecule has 0 heterocycles. The molecule has 0 saturated heterocycles. The number of allylic oxidation sites excluding steroid dienone is 1. The first-order chi connectivity index (χ1) is 5.81. The van der Waals surface area contributed by atoms with Gasteiger partial charge in [-0.25, -0.2) is 4.79 Å². The zero-order valence-electron chi connectivity index (χ0n) is 8.03. The molecule has 0 spiro atoms. The monoisotopic (exact) mass is 185 g/mol. The fraction of sp³-hybridized carbons (Fsp3) is 0.500. The molecule has 0 radical (unpaired) electrons. The van der Waals surface area contributed by atoms with Crippen molar-refractivity contribution in [2.75, 3.05) is 0 Å². The third-order valence-electron chi connectivity index (χ3n) is 1.57. The van der Waals surface area contributed by atoms with Crippen molar-refractivity contribution in [3.05, 3.63) is 11.9 Å². The van der Waals surface area contributed by atoms with Crippen molar-refractivity contribution in [2.45, 2.75) is 26.3 Å². The van der Waals surface area contributed by atoms with Crippen molar-refractivity contribution in [1.82, 2.24) is 0 Å². The number of nitrogens with zero attached hydrogens (tertiary/aromatic N) is 1. The molecule has 0 amide bonds. The number of hydrogen-bond donors (Lipinski definition) is 3. The van der Waals surface area contributed by atoms with Gasteiger partial charge in [0.25, 0.3) is 0 Å². The molecule has 0 atom stereocenters. The second-order valence-electron chi connectivity index (χ2n) is 3.18. The summed E-state index contributed by atoms with van der Waals surface area (Å²) in [6.07, 6.45) is 1.19. The van der Waals surface area contributed by atoms with Gasteiger partial charge in [-0.05, 0) is 20.8 Å². The average Bonchev–Trinajstić information content (AvgIpc) is 2.01. The van der Waals surface area contributed by atoms with E-state index in [1.54, 1.807) is 6.92 Å². The van der Waals surface area contributed by atoms with Gasteiger partial charge in [-0.1, -0.05) is 0 Å². The van der Waals surface area contributed by atoms with Crippen LogP contribution in [-0.2, 0) is 4.79 Å². The first-order valence-corrected chi connectivity index (χ1v) is 3.79. The predicted molar refractivity (Wildman–Crippen MR) is 51.3 cm³/mol. The SMILES string of the molecule is CC(=NC(C)(C)C(=O)O)C(N)=CN. The number of rotatable bonds is 3. The number of aliphatic carboxylic acids is 1. The van der Waals surface area contributed by atoms with Gasteiger partial charge in [-0.15, -0.1) is 0 Å². The van der Waals surface area contributed by atoms with E-state index in [2.05, 4.69) is 4.99 Å². The molecule has 0 rings (SSSR count). The first kappa shape index (κ1) is 11.5. The molecule has 0 aliphatic heterocycles. The number of carboxylic acids is 1. The molecule has 0 aromatic heterocycles. The Hall–Kier alpha value is -1.52. The van der Waals surface area contributed by atoms with Crippen molar-refractivity contribution in [1.29, 1.82) is 0 Å². The van der Waals surface area contributed by atoms with Crippen molar-refractivity contribution < 1.29 is 9.90 Å². The lowest BCUT2D eigenvalue weighted by molar-refractivity contribution is -0.141.